The van der Waals surface area contributed by atoms with Gasteiger partial charge in [0.15, 0.2) is 0 Å². The maximum atomic E-state index is 13.0. The molecule has 7 heteroatoms. The van der Waals surface area contributed by atoms with Gasteiger partial charge in [-0.25, -0.2) is 4.79 Å². The van der Waals surface area contributed by atoms with Gasteiger partial charge in [0.1, 0.15) is 6.04 Å². The molecule has 1 aliphatic heterocycles. The minimum atomic E-state index is -4.54. The van der Waals surface area contributed by atoms with Gasteiger partial charge in [-0.05, 0) is 36.3 Å². The van der Waals surface area contributed by atoms with Crippen LogP contribution in [0.3, 0.4) is 0 Å². The molecule has 3 unspecified atom stereocenters. The summed E-state index contributed by atoms with van der Waals surface area (Å²) in [6, 6.07) is 4.02. The molecule has 1 aromatic rings. The molecule has 0 bridgehead atoms. The molecule has 130 valence electrons. The van der Waals surface area contributed by atoms with Gasteiger partial charge in [0.05, 0.1) is 12.0 Å². The minimum absolute atomic E-state index is 0.0793. The van der Waals surface area contributed by atoms with Crippen molar-refractivity contribution in [3.05, 3.63) is 35.4 Å². The van der Waals surface area contributed by atoms with E-state index in [2.05, 4.69) is 0 Å². The van der Waals surface area contributed by atoms with E-state index in [1.807, 2.05) is 0 Å². The topological polar surface area (TPSA) is 57.6 Å². The maximum absolute atomic E-state index is 13.0. The van der Waals surface area contributed by atoms with Gasteiger partial charge in [0.25, 0.3) is 0 Å². The molecule has 0 aromatic heterocycles. The van der Waals surface area contributed by atoms with Crippen LogP contribution < -0.4 is 0 Å². The Morgan fingerprint density at radius 2 is 1.92 bits per heavy atom. The summed E-state index contributed by atoms with van der Waals surface area (Å²) >= 11 is 0. The van der Waals surface area contributed by atoms with Gasteiger partial charge < -0.3 is 10.0 Å². The molecular weight excluding hydrogens is 323 g/mol. The van der Waals surface area contributed by atoms with E-state index in [1.54, 1.807) is 0 Å². The molecular formula is C17H18F3NO3. The monoisotopic (exact) mass is 341 g/mol. The number of rotatable bonds is 3. The molecule has 1 saturated carbocycles. The molecule has 0 radical (unpaired) electrons. The maximum Gasteiger partial charge on any atom is 0.416 e. The summed E-state index contributed by atoms with van der Waals surface area (Å²) in [6.45, 7) is 0.328. The highest BCUT2D eigenvalue weighted by Crippen LogP contribution is 2.42. The lowest BCUT2D eigenvalue weighted by Gasteiger charge is -2.25. The van der Waals surface area contributed by atoms with Crippen LogP contribution in [-0.2, 0) is 22.2 Å². The third-order valence-corrected chi connectivity index (χ3v) is 5.13. The Morgan fingerprint density at radius 3 is 2.58 bits per heavy atom. The van der Waals surface area contributed by atoms with Crippen LogP contribution in [0.1, 0.15) is 30.4 Å². The fraction of sp³-hybridized carbons (Fsp3) is 0.529. The normalized spacial score (nSPS) is 26.5. The molecule has 3 rings (SSSR count). The summed E-state index contributed by atoms with van der Waals surface area (Å²) in [5.41, 5.74) is -0.958. The van der Waals surface area contributed by atoms with Crippen molar-refractivity contribution < 1.29 is 27.9 Å². The van der Waals surface area contributed by atoms with Gasteiger partial charge in [-0.2, -0.15) is 13.2 Å². The van der Waals surface area contributed by atoms with Crippen molar-refractivity contribution in [2.24, 2.45) is 11.8 Å². The summed E-state index contributed by atoms with van der Waals surface area (Å²) in [5.74, 6) is -1.55. The Kier molecular flexibility index (Phi) is 4.27. The van der Waals surface area contributed by atoms with Crippen LogP contribution in [0.25, 0.3) is 0 Å². The lowest BCUT2D eigenvalue weighted by molar-refractivity contribution is -0.149. The first-order valence-corrected chi connectivity index (χ1v) is 7.96. The highest BCUT2D eigenvalue weighted by molar-refractivity contribution is 5.86. The smallest absolute Gasteiger partial charge is 0.416 e. The van der Waals surface area contributed by atoms with Crippen LogP contribution in [0.2, 0.25) is 0 Å². The third kappa shape index (κ3) is 2.99. The summed E-state index contributed by atoms with van der Waals surface area (Å²) < 4.78 is 39.1. The predicted molar refractivity (Wildman–Crippen MR) is 79.1 cm³/mol. The predicted octanol–water partition coefficient (Wildman–Crippen LogP) is 2.96. The van der Waals surface area contributed by atoms with Crippen LogP contribution in [0.4, 0.5) is 13.2 Å². The third-order valence-electron chi connectivity index (χ3n) is 5.13. The molecule has 1 aliphatic carbocycles. The van der Waals surface area contributed by atoms with Crippen LogP contribution in [0, 0.1) is 11.8 Å². The Balaban J connectivity index is 1.82. The van der Waals surface area contributed by atoms with E-state index in [4.69, 9.17) is 0 Å². The molecule has 1 amide bonds. The summed E-state index contributed by atoms with van der Waals surface area (Å²) in [4.78, 5) is 25.4. The fourth-order valence-corrected chi connectivity index (χ4v) is 4.09. The first-order valence-electron chi connectivity index (χ1n) is 7.96. The van der Waals surface area contributed by atoms with Gasteiger partial charge in [-0.15, -0.1) is 0 Å². The average molecular weight is 341 g/mol. The number of carboxylic acids is 1. The number of hydrogen-bond donors (Lipinski definition) is 1. The number of halogens is 3. The van der Waals surface area contributed by atoms with Crippen LogP contribution >= 0.6 is 0 Å². The summed E-state index contributed by atoms with van der Waals surface area (Å²) in [7, 11) is 0. The van der Waals surface area contributed by atoms with E-state index in [9.17, 15) is 27.9 Å². The largest absolute Gasteiger partial charge is 0.480 e. The van der Waals surface area contributed by atoms with Gasteiger partial charge in [0.2, 0.25) is 5.91 Å². The van der Waals surface area contributed by atoms with Gasteiger partial charge in [-0.1, -0.05) is 24.6 Å². The molecule has 24 heavy (non-hydrogen) atoms. The van der Waals surface area contributed by atoms with E-state index in [1.165, 1.54) is 23.1 Å². The van der Waals surface area contributed by atoms with Gasteiger partial charge in [0, 0.05) is 6.54 Å². The van der Waals surface area contributed by atoms with Crippen molar-refractivity contribution in [2.75, 3.05) is 6.54 Å². The number of alkyl halides is 3. The average Bonchev–Trinajstić information content (AvgIpc) is 3.06. The van der Waals surface area contributed by atoms with Crippen molar-refractivity contribution in [3.63, 3.8) is 0 Å². The van der Waals surface area contributed by atoms with Crippen molar-refractivity contribution >= 4 is 11.9 Å². The summed E-state index contributed by atoms with van der Waals surface area (Å²) in [5, 5.41) is 9.46. The Hall–Kier alpha value is -2.05. The zero-order valence-electron chi connectivity index (χ0n) is 12.9. The molecule has 4 nitrogen and oxygen atoms in total. The zero-order chi connectivity index (χ0) is 17.5. The Bertz CT molecular complexity index is 659. The molecule has 3 atom stereocenters. The number of carbonyl (C=O) groups is 2. The van der Waals surface area contributed by atoms with Crippen LogP contribution in [0.5, 0.6) is 0 Å². The molecule has 0 spiro atoms. The van der Waals surface area contributed by atoms with Gasteiger partial charge >= 0.3 is 12.1 Å². The van der Waals surface area contributed by atoms with Gasteiger partial charge in [-0.3, -0.25) is 4.79 Å². The number of carboxylic acid groups (broad SMARTS) is 1. The second kappa shape index (κ2) is 6.11. The Labute approximate surface area is 137 Å². The molecule has 2 fully saturated rings. The summed E-state index contributed by atoms with van der Waals surface area (Å²) in [6.07, 6.45) is -2.40. The molecule has 1 heterocycles. The van der Waals surface area contributed by atoms with Crippen LogP contribution in [-0.4, -0.2) is 34.5 Å². The Morgan fingerprint density at radius 1 is 1.21 bits per heavy atom. The lowest BCUT2D eigenvalue weighted by Crippen LogP contribution is -2.44. The quantitative estimate of drug-likeness (QED) is 0.920. The molecule has 2 aliphatic rings. The first-order chi connectivity index (χ1) is 11.3. The SMILES string of the molecule is O=C(O)C1C2CCCC2CN1C(=O)Cc1ccccc1C(F)(F)F. The number of aliphatic carboxylic acids is 1. The van der Waals surface area contributed by atoms with Crippen molar-refractivity contribution in [1.82, 2.24) is 4.90 Å². The van der Waals surface area contributed by atoms with Crippen molar-refractivity contribution in [3.8, 4) is 0 Å². The highest BCUT2D eigenvalue weighted by Gasteiger charge is 2.49. The number of nitrogens with zero attached hydrogens (tertiary/aromatic N) is 1. The van der Waals surface area contributed by atoms with E-state index in [-0.39, 0.29) is 17.4 Å². The number of amides is 1. The minimum Gasteiger partial charge on any atom is -0.480 e. The van der Waals surface area contributed by atoms with E-state index >= 15 is 0 Å². The van der Waals surface area contributed by atoms with Crippen molar-refractivity contribution in [1.29, 1.82) is 0 Å². The number of fused-ring (bicyclic) bond motifs is 1. The number of benzene rings is 1. The van der Waals surface area contributed by atoms with Crippen LogP contribution in [0.15, 0.2) is 24.3 Å². The number of likely N-dealkylation sites (tertiary alicyclic amines) is 1. The zero-order valence-corrected chi connectivity index (χ0v) is 12.9. The molecule has 1 saturated heterocycles. The van der Waals surface area contributed by atoms with E-state index in [0.717, 1.165) is 25.3 Å². The van der Waals surface area contributed by atoms with E-state index < -0.39 is 36.1 Å². The first kappa shape index (κ1) is 16.8. The standard InChI is InChI=1S/C17H18F3NO3/c18-17(19,20)13-7-2-1-4-10(13)8-14(22)21-9-11-5-3-6-12(11)15(21)16(23)24/h1-2,4,7,11-12,15H,3,5-6,8-9H2,(H,23,24). The molecule has 1 N–H and O–H groups in total. The molecule has 1 aromatic carbocycles. The second-order valence-electron chi connectivity index (χ2n) is 6.52. The fourth-order valence-electron chi connectivity index (χ4n) is 4.09. The highest BCUT2D eigenvalue weighted by atomic mass is 19.4. The van der Waals surface area contributed by atoms with E-state index in [0.29, 0.717) is 6.54 Å². The second-order valence-corrected chi connectivity index (χ2v) is 6.52. The lowest BCUT2D eigenvalue weighted by atomic mass is 9.94. The number of carbonyl (C=O) groups excluding carboxylic acids is 1. The number of hydrogen-bond acceptors (Lipinski definition) is 2. The van der Waals surface area contributed by atoms with Crippen molar-refractivity contribution in [2.45, 2.75) is 37.9 Å².